The van der Waals surface area contributed by atoms with Gasteiger partial charge in [-0.1, -0.05) is 48.5 Å². The van der Waals surface area contributed by atoms with E-state index in [1.54, 1.807) is 0 Å². The lowest BCUT2D eigenvalue weighted by Gasteiger charge is -2.35. The molecule has 0 spiro atoms. The van der Waals surface area contributed by atoms with E-state index in [-0.39, 0.29) is 0 Å². The van der Waals surface area contributed by atoms with E-state index in [1.165, 1.54) is 18.6 Å². The van der Waals surface area contributed by atoms with Crippen molar-refractivity contribution >= 4 is 11.8 Å². The standard InChI is InChI=1S/C14H30S/c1-11(2)10-14(7,12(3)4)8-9-15-13(5)6/h11-13H,8-10H2,1-7H3. The van der Waals surface area contributed by atoms with E-state index in [1.807, 2.05) is 0 Å². The summed E-state index contributed by atoms with van der Waals surface area (Å²) in [5.41, 5.74) is 0.538. The molecule has 0 aromatic heterocycles. The van der Waals surface area contributed by atoms with Gasteiger partial charge in [0.1, 0.15) is 0 Å². The molecule has 15 heavy (non-hydrogen) atoms. The highest BCUT2D eigenvalue weighted by atomic mass is 32.2. The van der Waals surface area contributed by atoms with Gasteiger partial charge in [0.25, 0.3) is 0 Å². The first kappa shape index (κ1) is 15.3. The molecule has 0 amide bonds. The van der Waals surface area contributed by atoms with Crippen LogP contribution in [0.2, 0.25) is 0 Å². The van der Waals surface area contributed by atoms with Crippen molar-refractivity contribution < 1.29 is 0 Å². The van der Waals surface area contributed by atoms with Crippen LogP contribution in [0.3, 0.4) is 0 Å². The van der Waals surface area contributed by atoms with Crippen LogP contribution >= 0.6 is 11.8 Å². The van der Waals surface area contributed by atoms with Crippen molar-refractivity contribution in [2.45, 2.75) is 66.6 Å². The molecule has 0 fully saturated rings. The van der Waals surface area contributed by atoms with Gasteiger partial charge in [0, 0.05) is 0 Å². The number of hydrogen-bond acceptors (Lipinski definition) is 1. The van der Waals surface area contributed by atoms with Gasteiger partial charge in [0.2, 0.25) is 0 Å². The van der Waals surface area contributed by atoms with Crippen LogP contribution in [-0.2, 0) is 0 Å². The van der Waals surface area contributed by atoms with Gasteiger partial charge < -0.3 is 0 Å². The van der Waals surface area contributed by atoms with E-state index in [9.17, 15) is 0 Å². The fraction of sp³-hybridized carbons (Fsp3) is 1.00. The Morgan fingerprint density at radius 2 is 1.53 bits per heavy atom. The summed E-state index contributed by atoms with van der Waals surface area (Å²) in [6.07, 6.45) is 2.73. The normalized spacial score (nSPS) is 16.4. The van der Waals surface area contributed by atoms with Gasteiger partial charge in [0.05, 0.1) is 0 Å². The second-order valence-electron chi connectivity index (χ2n) is 6.08. The molecule has 0 heterocycles. The first-order valence-corrected chi connectivity index (χ1v) is 7.44. The SMILES string of the molecule is CC(C)CC(C)(CCSC(C)C)C(C)C. The third-order valence-corrected chi connectivity index (χ3v) is 4.50. The predicted molar refractivity (Wildman–Crippen MR) is 74.6 cm³/mol. The summed E-state index contributed by atoms with van der Waals surface area (Å²) in [5.74, 6) is 2.94. The zero-order valence-corrected chi connectivity index (χ0v) is 12.6. The summed E-state index contributed by atoms with van der Waals surface area (Å²) in [6.45, 7) is 16.5. The largest absolute Gasteiger partial charge is 0.159 e. The average Bonchev–Trinajstić information content (AvgIpc) is 2.01. The van der Waals surface area contributed by atoms with Crippen LogP contribution in [0, 0.1) is 17.3 Å². The van der Waals surface area contributed by atoms with Crippen molar-refractivity contribution in [1.82, 2.24) is 0 Å². The average molecular weight is 230 g/mol. The van der Waals surface area contributed by atoms with Crippen LogP contribution < -0.4 is 0 Å². The van der Waals surface area contributed by atoms with Gasteiger partial charge in [-0.2, -0.15) is 11.8 Å². The molecule has 0 aromatic rings. The van der Waals surface area contributed by atoms with Crippen molar-refractivity contribution in [1.29, 1.82) is 0 Å². The predicted octanol–water partition coefficient (Wildman–Crippen LogP) is 5.23. The minimum absolute atomic E-state index is 0.538. The Hall–Kier alpha value is 0.350. The van der Waals surface area contributed by atoms with Crippen LogP contribution in [0.4, 0.5) is 0 Å². The number of hydrogen-bond donors (Lipinski definition) is 0. The molecule has 1 heteroatoms. The second-order valence-corrected chi connectivity index (χ2v) is 7.76. The fourth-order valence-corrected chi connectivity index (χ4v) is 3.14. The van der Waals surface area contributed by atoms with Crippen LogP contribution in [0.5, 0.6) is 0 Å². The Morgan fingerprint density at radius 3 is 1.87 bits per heavy atom. The molecule has 1 unspecified atom stereocenters. The molecule has 0 bridgehead atoms. The van der Waals surface area contributed by atoms with E-state index in [2.05, 4.69) is 60.2 Å². The van der Waals surface area contributed by atoms with E-state index in [0.717, 1.165) is 17.1 Å². The molecule has 0 aromatic carbocycles. The summed E-state index contributed by atoms with van der Waals surface area (Å²) >= 11 is 2.10. The van der Waals surface area contributed by atoms with Gasteiger partial charge in [-0.15, -0.1) is 0 Å². The third-order valence-electron chi connectivity index (χ3n) is 3.39. The topological polar surface area (TPSA) is 0 Å². The fourth-order valence-electron chi connectivity index (χ4n) is 2.09. The third kappa shape index (κ3) is 6.50. The smallest absolute Gasteiger partial charge is 0.000968 e. The lowest BCUT2D eigenvalue weighted by molar-refractivity contribution is 0.166. The highest BCUT2D eigenvalue weighted by Gasteiger charge is 2.28. The Labute approximate surface area is 102 Å². The van der Waals surface area contributed by atoms with Crippen LogP contribution in [0.1, 0.15) is 61.3 Å². The maximum Gasteiger partial charge on any atom is -0.000968 e. The molecule has 0 saturated carbocycles. The van der Waals surface area contributed by atoms with E-state index in [4.69, 9.17) is 0 Å². The Kier molecular flexibility index (Phi) is 6.99. The van der Waals surface area contributed by atoms with Gasteiger partial charge in [-0.05, 0) is 41.1 Å². The molecule has 0 N–H and O–H groups in total. The van der Waals surface area contributed by atoms with Crippen LogP contribution in [-0.4, -0.2) is 11.0 Å². The summed E-state index contributed by atoms with van der Waals surface area (Å²) in [6, 6.07) is 0. The van der Waals surface area contributed by atoms with Crippen molar-refractivity contribution in [2.75, 3.05) is 5.75 Å². The lowest BCUT2D eigenvalue weighted by atomic mass is 9.71. The highest BCUT2D eigenvalue weighted by molar-refractivity contribution is 7.99. The molecule has 1 atom stereocenters. The summed E-state index contributed by atoms with van der Waals surface area (Å²) < 4.78 is 0. The van der Waals surface area contributed by atoms with Gasteiger partial charge in [-0.25, -0.2) is 0 Å². The molecular weight excluding hydrogens is 200 g/mol. The van der Waals surface area contributed by atoms with E-state index < -0.39 is 0 Å². The van der Waals surface area contributed by atoms with E-state index in [0.29, 0.717) is 5.41 Å². The summed E-state index contributed by atoms with van der Waals surface area (Å²) in [4.78, 5) is 0. The molecule has 0 saturated heterocycles. The maximum atomic E-state index is 2.47. The molecule has 0 aliphatic rings. The first-order chi connectivity index (χ1) is 6.78. The van der Waals surface area contributed by atoms with Gasteiger partial charge in [-0.3, -0.25) is 0 Å². The zero-order valence-electron chi connectivity index (χ0n) is 11.8. The molecule has 0 aliphatic heterocycles. The minimum atomic E-state index is 0.538. The van der Waals surface area contributed by atoms with Gasteiger partial charge >= 0.3 is 0 Å². The zero-order chi connectivity index (χ0) is 12.1. The van der Waals surface area contributed by atoms with Crippen molar-refractivity contribution in [2.24, 2.45) is 17.3 Å². The maximum absolute atomic E-state index is 2.47. The quantitative estimate of drug-likeness (QED) is 0.577. The minimum Gasteiger partial charge on any atom is -0.159 e. The monoisotopic (exact) mass is 230 g/mol. The van der Waals surface area contributed by atoms with Crippen molar-refractivity contribution in [3.63, 3.8) is 0 Å². The Bertz CT molecular complexity index is 161. The summed E-state index contributed by atoms with van der Waals surface area (Å²) in [7, 11) is 0. The highest BCUT2D eigenvalue weighted by Crippen LogP contribution is 2.38. The number of thioether (sulfide) groups is 1. The number of rotatable bonds is 7. The lowest BCUT2D eigenvalue weighted by Crippen LogP contribution is -2.26. The molecule has 0 rings (SSSR count). The first-order valence-electron chi connectivity index (χ1n) is 6.39. The van der Waals surface area contributed by atoms with Crippen LogP contribution in [0.25, 0.3) is 0 Å². The molecule has 0 nitrogen and oxygen atoms in total. The second kappa shape index (κ2) is 6.83. The Balaban J connectivity index is 4.13. The summed E-state index contributed by atoms with van der Waals surface area (Å²) in [5, 5.41) is 0.778. The molecule has 0 aliphatic carbocycles. The van der Waals surface area contributed by atoms with Crippen molar-refractivity contribution in [3.8, 4) is 0 Å². The molecule has 92 valence electrons. The molecular formula is C14H30S. The van der Waals surface area contributed by atoms with Gasteiger partial charge in [0.15, 0.2) is 0 Å². The van der Waals surface area contributed by atoms with Crippen LogP contribution in [0.15, 0.2) is 0 Å². The molecule has 0 radical (unpaired) electrons. The Morgan fingerprint density at radius 1 is 1.00 bits per heavy atom. The van der Waals surface area contributed by atoms with E-state index >= 15 is 0 Å². The van der Waals surface area contributed by atoms with Crippen molar-refractivity contribution in [3.05, 3.63) is 0 Å².